The van der Waals surface area contributed by atoms with Crippen molar-refractivity contribution in [1.29, 1.82) is 0 Å². The van der Waals surface area contributed by atoms with Gasteiger partial charge in [-0.2, -0.15) is 0 Å². The van der Waals surface area contributed by atoms with Gasteiger partial charge in [0.2, 0.25) is 5.91 Å². The third kappa shape index (κ3) is 4.35. The van der Waals surface area contributed by atoms with Gasteiger partial charge in [-0.1, -0.05) is 24.3 Å². The van der Waals surface area contributed by atoms with Crippen LogP contribution >= 0.6 is 0 Å². The van der Waals surface area contributed by atoms with Gasteiger partial charge >= 0.3 is 0 Å². The maximum absolute atomic E-state index is 13.2. The average molecular weight is 417 g/mol. The van der Waals surface area contributed by atoms with E-state index in [9.17, 15) is 14.4 Å². The number of amides is 3. The van der Waals surface area contributed by atoms with Crippen molar-refractivity contribution in [1.82, 2.24) is 10.2 Å². The van der Waals surface area contributed by atoms with E-state index in [4.69, 9.17) is 4.42 Å². The van der Waals surface area contributed by atoms with Gasteiger partial charge in [0.05, 0.1) is 6.26 Å². The molecule has 0 spiro atoms. The lowest BCUT2D eigenvalue weighted by Gasteiger charge is -2.35. The molecule has 3 aromatic rings. The van der Waals surface area contributed by atoms with E-state index in [0.717, 1.165) is 11.1 Å². The molecule has 0 bridgehead atoms. The minimum atomic E-state index is -0.685. The molecular formula is C24H23N3O4. The Bertz CT molecular complexity index is 1090. The molecule has 2 aromatic carbocycles. The predicted molar refractivity (Wildman–Crippen MR) is 116 cm³/mol. The molecule has 1 unspecified atom stereocenters. The van der Waals surface area contributed by atoms with Crippen LogP contribution in [-0.4, -0.2) is 35.2 Å². The SMILES string of the molecule is CCNC(=O)c1ccc(NC(=O)C2Cc3ccccc3CN2C(=O)c2ccco2)cc1. The first kappa shape index (κ1) is 20.4. The maximum Gasteiger partial charge on any atom is 0.290 e. The second-order valence-corrected chi connectivity index (χ2v) is 7.33. The van der Waals surface area contributed by atoms with Crippen LogP contribution in [0.15, 0.2) is 71.3 Å². The summed E-state index contributed by atoms with van der Waals surface area (Å²) in [7, 11) is 0. The summed E-state index contributed by atoms with van der Waals surface area (Å²) in [4.78, 5) is 39.7. The highest BCUT2D eigenvalue weighted by Gasteiger charge is 2.36. The van der Waals surface area contributed by atoms with Crippen molar-refractivity contribution in [2.45, 2.75) is 25.9 Å². The first-order chi connectivity index (χ1) is 15.1. The zero-order valence-corrected chi connectivity index (χ0v) is 17.1. The number of fused-ring (bicyclic) bond motifs is 1. The van der Waals surface area contributed by atoms with Crippen molar-refractivity contribution in [3.05, 3.63) is 89.4 Å². The van der Waals surface area contributed by atoms with Gasteiger partial charge in [0, 0.05) is 30.8 Å². The van der Waals surface area contributed by atoms with E-state index in [0.29, 0.717) is 30.8 Å². The Balaban J connectivity index is 1.55. The first-order valence-electron chi connectivity index (χ1n) is 10.2. The molecule has 1 atom stereocenters. The number of furan rings is 1. The quantitative estimate of drug-likeness (QED) is 0.667. The highest BCUT2D eigenvalue weighted by Crippen LogP contribution is 2.26. The van der Waals surface area contributed by atoms with Crippen LogP contribution in [0.3, 0.4) is 0 Å². The summed E-state index contributed by atoms with van der Waals surface area (Å²) < 4.78 is 5.28. The molecule has 1 aliphatic rings. The number of benzene rings is 2. The minimum absolute atomic E-state index is 0.167. The molecule has 3 amide bonds. The predicted octanol–water partition coefficient (Wildman–Crippen LogP) is 3.24. The molecule has 158 valence electrons. The molecule has 0 saturated carbocycles. The Labute approximate surface area is 180 Å². The molecule has 7 nitrogen and oxygen atoms in total. The summed E-state index contributed by atoms with van der Waals surface area (Å²) in [5.74, 6) is -0.589. The Morgan fingerprint density at radius 3 is 2.42 bits per heavy atom. The van der Waals surface area contributed by atoms with E-state index < -0.39 is 6.04 Å². The summed E-state index contributed by atoms with van der Waals surface area (Å²) in [6.45, 7) is 2.72. The lowest BCUT2D eigenvalue weighted by atomic mass is 9.93. The minimum Gasteiger partial charge on any atom is -0.459 e. The molecular weight excluding hydrogens is 394 g/mol. The molecule has 0 aliphatic carbocycles. The Morgan fingerprint density at radius 1 is 1.00 bits per heavy atom. The molecule has 2 heterocycles. The van der Waals surface area contributed by atoms with Crippen LogP contribution in [-0.2, 0) is 17.8 Å². The van der Waals surface area contributed by atoms with E-state index in [-0.39, 0.29) is 23.5 Å². The molecule has 31 heavy (non-hydrogen) atoms. The summed E-state index contributed by atoms with van der Waals surface area (Å²) in [5.41, 5.74) is 3.12. The van der Waals surface area contributed by atoms with Gasteiger partial charge in [-0.05, 0) is 54.4 Å². The molecule has 1 aromatic heterocycles. The van der Waals surface area contributed by atoms with E-state index in [1.165, 1.54) is 6.26 Å². The lowest BCUT2D eigenvalue weighted by Crippen LogP contribution is -2.50. The third-order valence-electron chi connectivity index (χ3n) is 5.30. The number of nitrogens with zero attached hydrogens (tertiary/aromatic N) is 1. The molecule has 2 N–H and O–H groups in total. The van der Waals surface area contributed by atoms with Gasteiger partial charge < -0.3 is 20.0 Å². The van der Waals surface area contributed by atoms with E-state index in [2.05, 4.69) is 10.6 Å². The van der Waals surface area contributed by atoms with Crippen LogP contribution in [0.5, 0.6) is 0 Å². The summed E-state index contributed by atoms with van der Waals surface area (Å²) in [5, 5.41) is 5.61. The van der Waals surface area contributed by atoms with Crippen LogP contribution in [0.2, 0.25) is 0 Å². The van der Waals surface area contributed by atoms with Crippen LogP contribution in [0, 0.1) is 0 Å². The standard InChI is InChI=1S/C24H23N3O4/c1-2-25-22(28)16-9-11-19(12-10-16)26-23(29)20-14-17-6-3-4-7-18(17)15-27(20)24(30)21-8-5-13-31-21/h3-13,20H,2,14-15H2,1H3,(H,25,28)(H,26,29). The Morgan fingerprint density at radius 2 is 1.74 bits per heavy atom. The largest absolute Gasteiger partial charge is 0.459 e. The molecule has 0 saturated heterocycles. The number of hydrogen-bond donors (Lipinski definition) is 2. The molecule has 0 radical (unpaired) electrons. The van der Waals surface area contributed by atoms with Crippen molar-refractivity contribution in [3.8, 4) is 0 Å². The fourth-order valence-corrected chi connectivity index (χ4v) is 3.71. The number of hydrogen-bond acceptors (Lipinski definition) is 4. The first-order valence-corrected chi connectivity index (χ1v) is 10.2. The Hall–Kier alpha value is -3.87. The number of carbonyl (C=O) groups is 3. The summed E-state index contributed by atoms with van der Waals surface area (Å²) in [6, 6.07) is 17.0. The monoisotopic (exact) mass is 417 g/mol. The second-order valence-electron chi connectivity index (χ2n) is 7.33. The van der Waals surface area contributed by atoms with Crippen LogP contribution in [0.1, 0.15) is 39.0 Å². The van der Waals surface area contributed by atoms with Gasteiger partial charge in [0.1, 0.15) is 6.04 Å². The van der Waals surface area contributed by atoms with Gasteiger partial charge in [0.15, 0.2) is 5.76 Å². The third-order valence-corrected chi connectivity index (χ3v) is 5.30. The smallest absolute Gasteiger partial charge is 0.290 e. The fourth-order valence-electron chi connectivity index (χ4n) is 3.71. The topological polar surface area (TPSA) is 91.7 Å². The van der Waals surface area contributed by atoms with Crippen LogP contribution < -0.4 is 10.6 Å². The van der Waals surface area contributed by atoms with Crippen molar-refractivity contribution >= 4 is 23.4 Å². The van der Waals surface area contributed by atoms with E-state index in [1.54, 1.807) is 41.3 Å². The van der Waals surface area contributed by atoms with Crippen molar-refractivity contribution in [2.75, 3.05) is 11.9 Å². The number of anilines is 1. The van der Waals surface area contributed by atoms with Crippen LogP contribution in [0.25, 0.3) is 0 Å². The van der Waals surface area contributed by atoms with Crippen LogP contribution in [0.4, 0.5) is 5.69 Å². The highest BCUT2D eigenvalue weighted by molar-refractivity contribution is 6.01. The molecule has 7 heteroatoms. The maximum atomic E-state index is 13.2. The fraction of sp³-hybridized carbons (Fsp3) is 0.208. The zero-order chi connectivity index (χ0) is 21.8. The highest BCUT2D eigenvalue weighted by atomic mass is 16.3. The van der Waals surface area contributed by atoms with E-state index in [1.807, 2.05) is 31.2 Å². The van der Waals surface area contributed by atoms with Gasteiger partial charge in [-0.15, -0.1) is 0 Å². The summed E-state index contributed by atoms with van der Waals surface area (Å²) >= 11 is 0. The van der Waals surface area contributed by atoms with E-state index >= 15 is 0 Å². The van der Waals surface area contributed by atoms with Gasteiger partial charge in [-0.25, -0.2) is 0 Å². The van der Waals surface area contributed by atoms with Crippen molar-refractivity contribution < 1.29 is 18.8 Å². The number of carbonyl (C=O) groups excluding carboxylic acids is 3. The Kier molecular flexibility index (Phi) is 5.84. The summed E-state index contributed by atoms with van der Waals surface area (Å²) in [6.07, 6.45) is 1.85. The molecule has 4 rings (SSSR count). The average Bonchev–Trinajstić information content (AvgIpc) is 3.33. The number of nitrogens with one attached hydrogen (secondary N) is 2. The molecule has 0 fully saturated rings. The second kappa shape index (κ2) is 8.87. The zero-order valence-electron chi connectivity index (χ0n) is 17.1. The van der Waals surface area contributed by atoms with Gasteiger partial charge in [-0.3, -0.25) is 14.4 Å². The van der Waals surface area contributed by atoms with Crippen molar-refractivity contribution in [2.24, 2.45) is 0 Å². The normalized spacial score (nSPS) is 15.1. The van der Waals surface area contributed by atoms with Crippen molar-refractivity contribution in [3.63, 3.8) is 0 Å². The van der Waals surface area contributed by atoms with Gasteiger partial charge in [0.25, 0.3) is 11.8 Å². The molecule has 1 aliphatic heterocycles. The lowest BCUT2D eigenvalue weighted by molar-refractivity contribution is -0.121. The number of rotatable bonds is 5.